The third kappa shape index (κ3) is 65.0. The van der Waals surface area contributed by atoms with E-state index in [2.05, 4.69) is 189 Å². The van der Waals surface area contributed by atoms with Crippen LogP contribution in [0.25, 0.3) is 0 Å². The van der Waals surface area contributed by atoms with Crippen LogP contribution in [0.3, 0.4) is 0 Å². The van der Waals surface area contributed by atoms with Gasteiger partial charge in [0, 0.05) is 6.42 Å². The van der Waals surface area contributed by atoms with Crippen LogP contribution in [0.15, 0.2) is 182 Å². The molecule has 0 aromatic rings. The van der Waals surface area contributed by atoms with Crippen LogP contribution in [0.2, 0.25) is 0 Å². The Morgan fingerprint density at radius 1 is 0.422 bits per heavy atom. The van der Waals surface area contributed by atoms with Gasteiger partial charge in [-0.2, -0.15) is 0 Å². The SMILES string of the molecule is CC/C=C\C/C=C\C/C=C\C/C=C\C/C=C\C/C=C\C/C=C\C/C=C\C/C=C\C/C=C\C/C=C\C/C=C\CCCCC(=O)NC(COP(=O)(O)OCC[N+](C)(C)C)C(O)/C=C/CC/C=C/CC/C=C/CCCCCCCCCCCCCC. The van der Waals surface area contributed by atoms with Crippen LogP contribution < -0.4 is 5.32 Å². The molecule has 0 aromatic carbocycles. The number of aliphatic hydroxyl groups excluding tert-OH is 1. The van der Waals surface area contributed by atoms with Crippen molar-refractivity contribution in [3.05, 3.63) is 182 Å². The number of aliphatic hydroxyl groups is 1. The maximum absolute atomic E-state index is 13.0. The zero-order valence-electron chi connectivity index (χ0n) is 53.4. The van der Waals surface area contributed by atoms with Crippen LogP contribution in [0, 0.1) is 0 Å². The second kappa shape index (κ2) is 62.1. The predicted octanol–water partition coefficient (Wildman–Crippen LogP) is 20.9. The number of rotatable bonds is 57. The van der Waals surface area contributed by atoms with Crippen molar-refractivity contribution < 1.29 is 32.9 Å². The molecule has 9 heteroatoms. The van der Waals surface area contributed by atoms with Crippen LogP contribution in [0.1, 0.15) is 226 Å². The van der Waals surface area contributed by atoms with Crippen LogP contribution in [0.5, 0.6) is 0 Å². The summed E-state index contributed by atoms with van der Waals surface area (Å²) in [4.78, 5) is 23.3. The summed E-state index contributed by atoms with van der Waals surface area (Å²) in [6, 6.07) is -0.909. The molecular weight excluding hydrogens is 1040 g/mol. The van der Waals surface area contributed by atoms with Gasteiger partial charge in [0.05, 0.1) is 39.9 Å². The minimum Gasteiger partial charge on any atom is -0.387 e. The average molecular weight is 1170 g/mol. The highest BCUT2D eigenvalue weighted by Crippen LogP contribution is 2.43. The lowest BCUT2D eigenvalue weighted by molar-refractivity contribution is -0.870. The number of allylic oxidation sites excluding steroid dienone is 29. The zero-order valence-corrected chi connectivity index (χ0v) is 54.2. The van der Waals surface area contributed by atoms with E-state index in [0.717, 1.165) is 116 Å². The molecule has 3 N–H and O–H groups in total. The van der Waals surface area contributed by atoms with Crippen molar-refractivity contribution in [2.24, 2.45) is 0 Å². The quantitative estimate of drug-likeness (QED) is 0.0243. The van der Waals surface area contributed by atoms with E-state index in [1.54, 1.807) is 6.08 Å². The van der Waals surface area contributed by atoms with Gasteiger partial charge in [-0.05, 0) is 135 Å². The fraction of sp³-hybridized carbons (Fsp3) is 0.581. The molecule has 0 bridgehead atoms. The molecule has 0 aliphatic rings. The molecule has 0 spiro atoms. The fourth-order valence-corrected chi connectivity index (χ4v) is 9.02. The van der Waals surface area contributed by atoms with Crippen molar-refractivity contribution >= 4 is 13.7 Å². The first-order chi connectivity index (χ1) is 40.5. The zero-order chi connectivity index (χ0) is 60.5. The third-order valence-corrected chi connectivity index (χ3v) is 14.3. The van der Waals surface area contributed by atoms with Crippen molar-refractivity contribution in [3.8, 4) is 0 Å². The molecule has 8 nitrogen and oxygen atoms in total. The second-order valence-electron chi connectivity index (χ2n) is 22.4. The van der Waals surface area contributed by atoms with Crippen LogP contribution in [-0.2, 0) is 18.4 Å². The van der Waals surface area contributed by atoms with Gasteiger partial charge in [-0.15, -0.1) is 0 Å². The molecule has 0 heterocycles. The molecule has 0 fully saturated rings. The molecule has 0 aliphatic heterocycles. The van der Waals surface area contributed by atoms with E-state index in [4.69, 9.17) is 9.05 Å². The van der Waals surface area contributed by atoms with E-state index in [1.807, 2.05) is 27.2 Å². The molecule has 83 heavy (non-hydrogen) atoms. The van der Waals surface area contributed by atoms with Crippen molar-refractivity contribution in [2.75, 3.05) is 40.9 Å². The number of phosphoric acid groups is 1. The highest BCUT2D eigenvalue weighted by Gasteiger charge is 2.27. The minimum absolute atomic E-state index is 0.0346. The number of carbonyl (C=O) groups excluding carboxylic acids is 1. The maximum Gasteiger partial charge on any atom is 0.472 e. The average Bonchev–Trinajstić information content (AvgIpc) is 3.50. The Bertz CT molecular complexity index is 2000. The van der Waals surface area contributed by atoms with Gasteiger partial charge in [-0.3, -0.25) is 13.8 Å². The molecular formula is C74H122N2O6P+. The molecule has 0 saturated heterocycles. The summed E-state index contributed by atoms with van der Waals surface area (Å²) >= 11 is 0. The van der Waals surface area contributed by atoms with Crippen molar-refractivity contribution in [1.82, 2.24) is 5.32 Å². The Labute approximate surface area is 510 Å². The van der Waals surface area contributed by atoms with Crippen molar-refractivity contribution in [1.29, 1.82) is 0 Å². The van der Waals surface area contributed by atoms with Crippen LogP contribution >= 0.6 is 7.82 Å². The van der Waals surface area contributed by atoms with Crippen LogP contribution in [-0.4, -0.2) is 73.4 Å². The summed E-state index contributed by atoms with van der Waals surface area (Å²) in [6.07, 6.45) is 100. The van der Waals surface area contributed by atoms with E-state index in [-0.39, 0.29) is 25.5 Å². The number of nitrogens with zero attached hydrogens (tertiary/aromatic N) is 1. The summed E-state index contributed by atoms with van der Waals surface area (Å²) < 4.78 is 23.7. The Morgan fingerprint density at radius 3 is 1.11 bits per heavy atom. The number of nitrogens with one attached hydrogen (secondary N) is 1. The molecule has 0 saturated carbocycles. The van der Waals surface area contributed by atoms with E-state index in [1.165, 1.54) is 83.5 Å². The summed E-state index contributed by atoms with van der Waals surface area (Å²) in [5.41, 5.74) is 0. The van der Waals surface area contributed by atoms with Gasteiger partial charge in [0.1, 0.15) is 13.2 Å². The lowest BCUT2D eigenvalue weighted by atomic mass is 10.0. The summed E-state index contributed by atoms with van der Waals surface area (Å²) in [6.45, 7) is 4.62. The normalized spacial score (nSPS) is 14.9. The minimum atomic E-state index is -4.39. The summed E-state index contributed by atoms with van der Waals surface area (Å²) in [5.74, 6) is -0.240. The first-order valence-corrected chi connectivity index (χ1v) is 34.2. The number of hydrogen-bond acceptors (Lipinski definition) is 5. The molecule has 1 amide bonds. The van der Waals surface area contributed by atoms with Crippen molar-refractivity contribution in [3.63, 3.8) is 0 Å². The number of unbranched alkanes of at least 4 members (excludes halogenated alkanes) is 16. The number of amides is 1. The number of hydrogen-bond donors (Lipinski definition) is 3. The first kappa shape index (κ1) is 78.6. The van der Waals surface area contributed by atoms with Gasteiger partial charge in [-0.25, -0.2) is 4.57 Å². The van der Waals surface area contributed by atoms with Gasteiger partial charge in [0.2, 0.25) is 5.91 Å². The lowest BCUT2D eigenvalue weighted by Crippen LogP contribution is -2.45. The Kier molecular flexibility index (Phi) is 58.8. The highest BCUT2D eigenvalue weighted by molar-refractivity contribution is 7.47. The van der Waals surface area contributed by atoms with Crippen LogP contribution in [0.4, 0.5) is 0 Å². The maximum atomic E-state index is 13.0. The Balaban J connectivity index is 4.34. The van der Waals surface area contributed by atoms with E-state index in [9.17, 15) is 19.4 Å². The standard InChI is InChI=1S/C74H121N2O6P/c1-6-8-10-12-14-16-18-20-22-24-26-28-30-31-32-33-34-35-36-37-38-39-40-41-42-43-44-45-46-48-50-52-54-56-58-60-62-64-66-68-74(78)75-72(71-82-83(79,80)81-70-69-76(3,4)5)73(77)67-65-63-61-59-57-55-53-51-49-47-29-27-25-23-21-19-17-15-13-11-9-7-2/h8,10,14,16,20,22,26,28,31-32,34-35,37-38,40-41,43-44,46,48-49,51-52,54,57-60,65,67,72-73,77H,6-7,9,11-13,15,17-19,21,23-25,27,29-30,33,36,39,42,45,47,50,53,55-56,61-64,66,68-71H2,1-5H3,(H-,75,78,79,80)/p+1/b10-8-,16-14-,22-20-,28-26-,32-31-,35-34-,38-37-,41-40-,44-43-,48-46-,51-49+,54-52-,59-57+,60-58-,67-65+. The summed E-state index contributed by atoms with van der Waals surface area (Å²) in [7, 11) is 1.49. The fourth-order valence-electron chi connectivity index (χ4n) is 8.29. The smallest absolute Gasteiger partial charge is 0.387 e. The van der Waals surface area contributed by atoms with Crippen molar-refractivity contribution in [2.45, 2.75) is 238 Å². The topological polar surface area (TPSA) is 105 Å². The predicted molar refractivity (Wildman–Crippen MR) is 363 cm³/mol. The first-order valence-electron chi connectivity index (χ1n) is 32.7. The van der Waals surface area contributed by atoms with E-state index < -0.39 is 20.0 Å². The lowest BCUT2D eigenvalue weighted by Gasteiger charge is -2.25. The highest BCUT2D eigenvalue weighted by atomic mass is 31.2. The molecule has 0 radical (unpaired) electrons. The monoisotopic (exact) mass is 1170 g/mol. The molecule has 3 unspecified atom stereocenters. The van der Waals surface area contributed by atoms with Gasteiger partial charge in [0.15, 0.2) is 0 Å². The molecule has 0 aliphatic carbocycles. The largest absolute Gasteiger partial charge is 0.472 e. The van der Waals surface area contributed by atoms with Gasteiger partial charge >= 0.3 is 7.82 Å². The van der Waals surface area contributed by atoms with Gasteiger partial charge in [0.25, 0.3) is 0 Å². The summed E-state index contributed by atoms with van der Waals surface area (Å²) in [5, 5.41) is 13.9. The van der Waals surface area contributed by atoms with Gasteiger partial charge < -0.3 is 19.8 Å². The number of phosphoric ester groups is 1. The van der Waals surface area contributed by atoms with E-state index in [0.29, 0.717) is 17.4 Å². The van der Waals surface area contributed by atoms with Gasteiger partial charge in [-0.1, -0.05) is 267 Å². The Morgan fingerprint density at radius 2 is 0.735 bits per heavy atom. The molecule has 0 aromatic heterocycles. The number of likely N-dealkylation sites (N-methyl/N-ethyl adjacent to an activating group) is 1. The Hall–Kier alpha value is -4.40. The second-order valence-corrected chi connectivity index (χ2v) is 23.8. The third-order valence-electron chi connectivity index (χ3n) is 13.3. The van der Waals surface area contributed by atoms with E-state index >= 15 is 0 Å². The number of carbonyl (C=O) groups is 1. The molecule has 0 rings (SSSR count). The molecule has 468 valence electrons. The number of quaternary nitrogens is 1. The molecule has 3 atom stereocenters.